The molecule has 3 amide bonds. The lowest BCUT2D eigenvalue weighted by molar-refractivity contribution is -0.139. The lowest BCUT2D eigenvalue weighted by atomic mass is 10.1. The van der Waals surface area contributed by atoms with Crippen LogP contribution in [0.4, 0.5) is 10.6 Å². The minimum absolute atomic E-state index is 0.0981. The number of benzene rings is 1. The highest BCUT2D eigenvalue weighted by Gasteiger charge is 2.36. The second-order valence-electron chi connectivity index (χ2n) is 8.90. The zero-order valence-corrected chi connectivity index (χ0v) is 20.6. The number of hydrogen-bond donors (Lipinski definition) is 5. The normalized spacial score (nSPS) is 17.6. The van der Waals surface area contributed by atoms with Gasteiger partial charge < -0.3 is 35.8 Å². The highest BCUT2D eigenvalue weighted by atomic mass is 16.5. The molecule has 0 saturated carbocycles. The average molecular weight is 514 g/mol. The molecule has 37 heavy (non-hydrogen) atoms. The second-order valence-corrected chi connectivity index (χ2v) is 8.90. The van der Waals surface area contributed by atoms with E-state index in [-0.39, 0.29) is 25.7 Å². The standard InChI is InChI=1S/C25H31N5O7/c1-15-7-16(2)9-17(8-15)23(32)29-20(24(33)34)12-28-22(31)14-37-19-10-18(30(13-19)25(35)36)11-27-21-5-3-4-6-26-21/h3-9,18-20H,10-14H2,1-2H3,(H,26,27)(H,28,31)(H,29,32)(H,33,34)(H,35,36). The molecular weight excluding hydrogens is 482 g/mol. The SMILES string of the molecule is Cc1cc(C)cc(C(=O)NC(CNC(=O)COC2CC(CNc3ccccn3)N(C(=O)O)C2)C(=O)O)c1. The summed E-state index contributed by atoms with van der Waals surface area (Å²) in [6.45, 7) is 3.37. The first-order chi connectivity index (χ1) is 17.6. The first-order valence-electron chi connectivity index (χ1n) is 11.8. The monoisotopic (exact) mass is 513 g/mol. The fourth-order valence-electron chi connectivity index (χ4n) is 4.12. The maximum absolute atomic E-state index is 12.5. The van der Waals surface area contributed by atoms with Gasteiger partial charge >= 0.3 is 12.1 Å². The van der Waals surface area contributed by atoms with Gasteiger partial charge in [0.2, 0.25) is 5.91 Å². The van der Waals surface area contributed by atoms with Crippen molar-refractivity contribution in [2.75, 3.05) is 31.6 Å². The van der Waals surface area contributed by atoms with Crippen LogP contribution in [0.15, 0.2) is 42.6 Å². The van der Waals surface area contributed by atoms with E-state index in [4.69, 9.17) is 4.74 Å². The van der Waals surface area contributed by atoms with E-state index in [0.29, 0.717) is 24.3 Å². The van der Waals surface area contributed by atoms with Gasteiger partial charge in [0.1, 0.15) is 18.5 Å². The van der Waals surface area contributed by atoms with Crippen molar-refractivity contribution in [3.8, 4) is 0 Å². The third-order valence-corrected chi connectivity index (χ3v) is 5.85. The Balaban J connectivity index is 1.46. The summed E-state index contributed by atoms with van der Waals surface area (Å²) in [5.41, 5.74) is 2.06. The number of carbonyl (C=O) groups is 4. The summed E-state index contributed by atoms with van der Waals surface area (Å²) >= 11 is 0. The number of ether oxygens (including phenoxy) is 1. The number of carboxylic acid groups (broad SMARTS) is 2. The molecule has 3 unspecified atom stereocenters. The van der Waals surface area contributed by atoms with E-state index in [2.05, 4.69) is 20.9 Å². The van der Waals surface area contributed by atoms with Crippen LogP contribution in [0.3, 0.4) is 0 Å². The van der Waals surface area contributed by atoms with Gasteiger partial charge in [-0.3, -0.25) is 9.59 Å². The Hall–Kier alpha value is -4.19. The van der Waals surface area contributed by atoms with Gasteiger partial charge in [-0.15, -0.1) is 0 Å². The number of anilines is 1. The Morgan fingerprint density at radius 1 is 1.14 bits per heavy atom. The molecule has 12 nitrogen and oxygen atoms in total. The third-order valence-electron chi connectivity index (χ3n) is 5.85. The Morgan fingerprint density at radius 2 is 1.86 bits per heavy atom. The van der Waals surface area contributed by atoms with Crippen LogP contribution in [-0.4, -0.2) is 88.4 Å². The van der Waals surface area contributed by atoms with Crippen LogP contribution in [0.25, 0.3) is 0 Å². The number of likely N-dealkylation sites (tertiary alicyclic amines) is 1. The molecule has 1 aliphatic heterocycles. The van der Waals surface area contributed by atoms with Crippen molar-refractivity contribution in [2.45, 2.75) is 38.5 Å². The quantitative estimate of drug-likeness (QED) is 0.297. The average Bonchev–Trinajstić information content (AvgIpc) is 3.27. The first-order valence-corrected chi connectivity index (χ1v) is 11.8. The summed E-state index contributed by atoms with van der Waals surface area (Å²) in [5.74, 6) is -1.82. The summed E-state index contributed by atoms with van der Waals surface area (Å²) in [5, 5.41) is 26.9. The summed E-state index contributed by atoms with van der Waals surface area (Å²) in [6, 6.07) is 8.84. The van der Waals surface area contributed by atoms with Crippen LogP contribution in [-0.2, 0) is 14.3 Å². The number of hydrogen-bond acceptors (Lipinski definition) is 7. The second kappa shape index (κ2) is 12.7. The highest BCUT2D eigenvalue weighted by Crippen LogP contribution is 2.21. The van der Waals surface area contributed by atoms with Crippen molar-refractivity contribution in [1.29, 1.82) is 0 Å². The van der Waals surface area contributed by atoms with Crippen LogP contribution in [0.1, 0.15) is 27.9 Å². The van der Waals surface area contributed by atoms with E-state index in [1.54, 1.807) is 30.5 Å². The lowest BCUT2D eigenvalue weighted by Gasteiger charge is -2.21. The zero-order valence-electron chi connectivity index (χ0n) is 20.6. The molecule has 0 spiro atoms. The number of aliphatic carboxylic acids is 1. The molecule has 1 aliphatic rings. The number of nitrogens with one attached hydrogen (secondary N) is 3. The van der Waals surface area contributed by atoms with Crippen molar-refractivity contribution in [3.05, 3.63) is 59.3 Å². The molecule has 1 aromatic carbocycles. The Bertz CT molecular complexity index is 1110. The van der Waals surface area contributed by atoms with Crippen LogP contribution in [0.2, 0.25) is 0 Å². The van der Waals surface area contributed by atoms with Gasteiger partial charge in [0, 0.05) is 24.8 Å². The molecule has 1 saturated heterocycles. The van der Waals surface area contributed by atoms with Crippen molar-refractivity contribution in [3.63, 3.8) is 0 Å². The van der Waals surface area contributed by atoms with Crippen LogP contribution < -0.4 is 16.0 Å². The van der Waals surface area contributed by atoms with Gasteiger partial charge in [-0.2, -0.15) is 0 Å². The molecule has 0 bridgehead atoms. The maximum atomic E-state index is 12.5. The van der Waals surface area contributed by atoms with Crippen molar-refractivity contribution in [2.24, 2.45) is 0 Å². The minimum atomic E-state index is -1.34. The number of aryl methyl sites for hydroxylation is 2. The summed E-state index contributed by atoms with van der Waals surface area (Å²) in [7, 11) is 0. The van der Waals surface area contributed by atoms with Crippen molar-refractivity contribution in [1.82, 2.24) is 20.5 Å². The van der Waals surface area contributed by atoms with E-state index >= 15 is 0 Å². The molecule has 0 aliphatic carbocycles. The fourth-order valence-corrected chi connectivity index (χ4v) is 4.12. The van der Waals surface area contributed by atoms with E-state index in [0.717, 1.165) is 11.1 Å². The lowest BCUT2D eigenvalue weighted by Crippen LogP contribution is -2.49. The molecule has 0 radical (unpaired) electrons. The third kappa shape index (κ3) is 8.17. The predicted molar refractivity (Wildman–Crippen MR) is 133 cm³/mol. The largest absolute Gasteiger partial charge is 0.480 e. The number of amides is 3. The topological polar surface area (TPSA) is 170 Å². The van der Waals surface area contributed by atoms with Crippen molar-refractivity contribution < 1.29 is 34.1 Å². The van der Waals surface area contributed by atoms with Gasteiger partial charge in [-0.25, -0.2) is 14.6 Å². The van der Waals surface area contributed by atoms with E-state index in [1.807, 2.05) is 26.0 Å². The Morgan fingerprint density at radius 3 is 2.49 bits per heavy atom. The van der Waals surface area contributed by atoms with Crippen LogP contribution >= 0.6 is 0 Å². The number of carbonyl (C=O) groups excluding carboxylic acids is 2. The van der Waals surface area contributed by atoms with Crippen LogP contribution in [0.5, 0.6) is 0 Å². The highest BCUT2D eigenvalue weighted by molar-refractivity contribution is 5.97. The number of carboxylic acids is 1. The van der Waals surface area contributed by atoms with E-state index < -0.39 is 36.0 Å². The first kappa shape index (κ1) is 27.4. The molecule has 3 rings (SSSR count). The predicted octanol–water partition coefficient (Wildman–Crippen LogP) is 1.25. The molecule has 1 fully saturated rings. The Labute approximate surface area is 214 Å². The van der Waals surface area contributed by atoms with Gasteiger partial charge in [0.15, 0.2) is 0 Å². The van der Waals surface area contributed by atoms with Crippen LogP contribution in [0, 0.1) is 13.8 Å². The van der Waals surface area contributed by atoms with Gasteiger partial charge in [0.25, 0.3) is 5.91 Å². The van der Waals surface area contributed by atoms with E-state index in [9.17, 15) is 29.4 Å². The molecule has 2 heterocycles. The smallest absolute Gasteiger partial charge is 0.407 e. The van der Waals surface area contributed by atoms with Gasteiger partial charge in [-0.05, 0) is 44.5 Å². The van der Waals surface area contributed by atoms with Gasteiger partial charge in [-0.1, -0.05) is 23.3 Å². The molecule has 12 heteroatoms. The van der Waals surface area contributed by atoms with Gasteiger partial charge in [0.05, 0.1) is 18.7 Å². The molecule has 2 aromatic rings. The number of pyridine rings is 1. The zero-order chi connectivity index (χ0) is 26.9. The van der Waals surface area contributed by atoms with E-state index in [1.165, 1.54) is 4.90 Å². The fraction of sp³-hybridized carbons (Fsp3) is 0.400. The summed E-state index contributed by atoms with van der Waals surface area (Å²) in [6.07, 6.45) is 0.410. The molecule has 5 N–H and O–H groups in total. The molecule has 198 valence electrons. The summed E-state index contributed by atoms with van der Waals surface area (Å²) in [4.78, 5) is 53.4. The number of aromatic nitrogens is 1. The molecule has 3 atom stereocenters. The molecule has 1 aromatic heterocycles. The minimum Gasteiger partial charge on any atom is -0.480 e. The number of nitrogens with zero attached hydrogens (tertiary/aromatic N) is 2. The molecular formula is C25H31N5O7. The Kier molecular flexibility index (Phi) is 9.39. The number of rotatable bonds is 11. The maximum Gasteiger partial charge on any atom is 0.407 e. The van der Waals surface area contributed by atoms with Crippen molar-refractivity contribution >= 4 is 29.7 Å². The summed E-state index contributed by atoms with van der Waals surface area (Å²) < 4.78 is 5.60.